The van der Waals surface area contributed by atoms with Crippen molar-refractivity contribution < 1.29 is 19.1 Å². The molecule has 0 amide bonds. The lowest BCUT2D eigenvalue weighted by atomic mass is 10.1. The van der Waals surface area contributed by atoms with Gasteiger partial charge in [-0.2, -0.15) is 0 Å². The number of non-ortho nitro benzene ring substituents is 1. The van der Waals surface area contributed by atoms with Crippen LogP contribution in [0.15, 0.2) is 42.5 Å². The lowest BCUT2D eigenvalue weighted by molar-refractivity contribution is -0.384. The second kappa shape index (κ2) is 10.1. The van der Waals surface area contributed by atoms with Crippen molar-refractivity contribution >= 4 is 5.69 Å². The highest BCUT2D eigenvalue weighted by atomic mass is 16.6. The van der Waals surface area contributed by atoms with E-state index in [1.54, 1.807) is 19.2 Å². The van der Waals surface area contributed by atoms with Gasteiger partial charge in [0.15, 0.2) is 0 Å². The molecule has 0 unspecified atom stereocenters. The molecule has 0 spiro atoms. The molecule has 1 saturated heterocycles. The van der Waals surface area contributed by atoms with Gasteiger partial charge in [0, 0.05) is 30.8 Å². The minimum atomic E-state index is -0.423. The summed E-state index contributed by atoms with van der Waals surface area (Å²) in [6.07, 6.45) is 2.08. The molecule has 28 heavy (non-hydrogen) atoms. The van der Waals surface area contributed by atoms with Crippen molar-refractivity contribution in [1.82, 2.24) is 4.90 Å². The molecule has 150 valence electrons. The molecule has 1 aliphatic heterocycles. The molecule has 2 aromatic carbocycles. The number of hydrogen-bond acceptors (Lipinski definition) is 6. The molecule has 0 N–H and O–H groups in total. The summed E-state index contributed by atoms with van der Waals surface area (Å²) in [7, 11) is 1.64. The molecular formula is C21H26N2O5. The zero-order chi connectivity index (χ0) is 19.8. The van der Waals surface area contributed by atoms with Crippen LogP contribution < -0.4 is 9.47 Å². The summed E-state index contributed by atoms with van der Waals surface area (Å²) in [5.74, 6) is 1.37. The zero-order valence-electron chi connectivity index (χ0n) is 16.1. The Morgan fingerprint density at radius 3 is 2.57 bits per heavy atom. The number of rotatable bonds is 9. The zero-order valence-corrected chi connectivity index (χ0v) is 16.1. The van der Waals surface area contributed by atoms with Crippen molar-refractivity contribution in [2.24, 2.45) is 0 Å². The minimum Gasteiger partial charge on any atom is -0.496 e. The van der Waals surface area contributed by atoms with Crippen molar-refractivity contribution in [2.75, 3.05) is 40.0 Å². The highest BCUT2D eigenvalue weighted by molar-refractivity contribution is 5.39. The molecule has 1 fully saturated rings. The van der Waals surface area contributed by atoms with E-state index in [1.807, 2.05) is 6.07 Å². The number of methoxy groups -OCH3 is 1. The number of morpholine rings is 1. The Morgan fingerprint density at radius 2 is 1.89 bits per heavy atom. The summed E-state index contributed by atoms with van der Waals surface area (Å²) < 4.78 is 16.6. The van der Waals surface area contributed by atoms with Gasteiger partial charge in [0.2, 0.25) is 0 Å². The highest BCUT2D eigenvalue weighted by Gasteiger charge is 2.11. The van der Waals surface area contributed by atoms with Crippen molar-refractivity contribution in [1.29, 1.82) is 0 Å². The molecule has 0 radical (unpaired) electrons. The third-order valence-electron chi connectivity index (χ3n) is 4.83. The largest absolute Gasteiger partial charge is 0.496 e. The Balaban J connectivity index is 1.56. The first-order chi connectivity index (χ1) is 13.7. The monoisotopic (exact) mass is 386 g/mol. The van der Waals surface area contributed by atoms with Crippen LogP contribution in [0.3, 0.4) is 0 Å². The van der Waals surface area contributed by atoms with E-state index in [0.717, 1.165) is 57.0 Å². The minimum absolute atomic E-state index is 0.0483. The van der Waals surface area contributed by atoms with Gasteiger partial charge in [-0.25, -0.2) is 0 Å². The maximum Gasteiger partial charge on any atom is 0.269 e. The number of aryl methyl sites for hydroxylation is 1. The summed E-state index contributed by atoms with van der Waals surface area (Å²) >= 11 is 0. The van der Waals surface area contributed by atoms with E-state index in [4.69, 9.17) is 14.2 Å². The number of nitro groups is 1. The normalized spacial score (nSPS) is 14.6. The van der Waals surface area contributed by atoms with E-state index in [9.17, 15) is 10.1 Å². The van der Waals surface area contributed by atoms with Crippen LogP contribution in [0.25, 0.3) is 0 Å². The van der Waals surface area contributed by atoms with E-state index in [-0.39, 0.29) is 5.69 Å². The van der Waals surface area contributed by atoms with Crippen molar-refractivity contribution in [3.8, 4) is 11.5 Å². The summed E-state index contributed by atoms with van der Waals surface area (Å²) in [4.78, 5) is 12.8. The first-order valence-electron chi connectivity index (χ1n) is 9.49. The predicted octanol–water partition coefficient (Wildman–Crippen LogP) is 3.45. The summed E-state index contributed by atoms with van der Waals surface area (Å²) in [6, 6.07) is 12.3. The topological polar surface area (TPSA) is 74.1 Å². The Bertz CT molecular complexity index is 773. The van der Waals surface area contributed by atoms with Crippen LogP contribution in [0.1, 0.15) is 17.5 Å². The molecule has 7 heteroatoms. The fraction of sp³-hybridized carbons (Fsp3) is 0.429. The molecule has 0 bridgehead atoms. The SMILES string of the molecule is COc1ccc(CCCN2CCOCC2)cc1COc1ccc([N+](=O)[O-])cc1. The first-order valence-corrected chi connectivity index (χ1v) is 9.49. The second-order valence-electron chi connectivity index (χ2n) is 6.74. The summed E-state index contributed by atoms with van der Waals surface area (Å²) in [5, 5.41) is 10.7. The van der Waals surface area contributed by atoms with E-state index in [0.29, 0.717) is 12.4 Å². The standard InChI is InChI=1S/C21H26N2O5/c1-26-21-9-4-17(3-2-10-22-11-13-27-14-12-22)15-18(21)16-28-20-7-5-19(6-8-20)23(24)25/h4-9,15H,2-3,10-14,16H2,1H3. The fourth-order valence-electron chi connectivity index (χ4n) is 3.26. The van der Waals surface area contributed by atoms with E-state index in [1.165, 1.54) is 17.7 Å². The number of benzene rings is 2. The van der Waals surface area contributed by atoms with Crippen LogP contribution in [0.5, 0.6) is 11.5 Å². The van der Waals surface area contributed by atoms with Crippen LogP contribution >= 0.6 is 0 Å². The molecule has 7 nitrogen and oxygen atoms in total. The number of hydrogen-bond donors (Lipinski definition) is 0. The molecule has 2 aromatic rings. The maximum atomic E-state index is 10.7. The smallest absolute Gasteiger partial charge is 0.269 e. The number of nitrogens with zero attached hydrogens (tertiary/aromatic N) is 2. The van der Waals surface area contributed by atoms with Gasteiger partial charge in [-0.05, 0) is 49.2 Å². The van der Waals surface area contributed by atoms with Crippen LogP contribution in [0.4, 0.5) is 5.69 Å². The number of ether oxygens (including phenoxy) is 3. The van der Waals surface area contributed by atoms with Crippen molar-refractivity contribution in [3.63, 3.8) is 0 Å². The van der Waals surface area contributed by atoms with Gasteiger partial charge in [-0.3, -0.25) is 15.0 Å². The van der Waals surface area contributed by atoms with Crippen LogP contribution in [-0.2, 0) is 17.8 Å². The quantitative estimate of drug-likeness (QED) is 0.485. The highest BCUT2D eigenvalue weighted by Crippen LogP contribution is 2.24. The summed E-state index contributed by atoms with van der Waals surface area (Å²) in [5.41, 5.74) is 2.26. The molecule has 0 aliphatic carbocycles. The number of nitro benzene ring substituents is 1. The Kier molecular flexibility index (Phi) is 7.22. The average molecular weight is 386 g/mol. The van der Waals surface area contributed by atoms with Gasteiger partial charge in [-0.1, -0.05) is 6.07 Å². The lowest BCUT2D eigenvalue weighted by Gasteiger charge is -2.26. The van der Waals surface area contributed by atoms with E-state index in [2.05, 4.69) is 17.0 Å². The Morgan fingerprint density at radius 1 is 1.14 bits per heavy atom. The Labute approximate surface area is 165 Å². The van der Waals surface area contributed by atoms with Gasteiger partial charge in [0.05, 0.1) is 25.2 Å². The van der Waals surface area contributed by atoms with Gasteiger partial charge < -0.3 is 14.2 Å². The van der Waals surface area contributed by atoms with Crippen molar-refractivity contribution in [3.05, 3.63) is 63.7 Å². The fourth-order valence-corrected chi connectivity index (χ4v) is 3.26. The molecule has 1 aliphatic rings. The second-order valence-corrected chi connectivity index (χ2v) is 6.74. The molecule has 1 heterocycles. The Hall–Kier alpha value is -2.64. The maximum absolute atomic E-state index is 10.7. The van der Waals surface area contributed by atoms with Gasteiger partial charge >= 0.3 is 0 Å². The third-order valence-corrected chi connectivity index (χ3v) is 4.83. The van der Waals surface area contributed by atoms with Gasteiger partial charge in [-0.15, -0.1) is 0 Å². The molecule has 0 atom stereocenters. The predicted molar refractivity (Wildman–Crippen MR) is 106 cm³/mol. The molecule has 0 saturated carbocycles. The van der Waals surface area contributed by atoms with Crippen molar-refractivity contribution in [2.45, 2.75) is 19.4 Å². The molecule has 3 rings (SSSR count). The van der Waals surface area contributed by atoms with Gasteiger partial charge in [0.1, 0.15) is 18.1 Å². The average Bonchev–Trinajstić information content (AvgIpc) is 2.73. The third kappa shape index (κ3) is 5.68. The van der Waals surface area contributed by atoms with Crippen LogP contribution in [-0.4, -0.2) is 49.8 Å². The van der Waals surface area contributed by atoms with E-state index >= 15 is 0 Å². The van der Waals surface area contributed by atoms with Crippen LogP contribution in [0.2, 0.25) is 0 Å². The molecule has 0 aromatic heterocycles. The van der Waals surface area contributed by atoms with E-state index < -0.39 is 4.92 Å². The summed E-state index contributed by atoms with van der Waals surface area (Å²) in [6.45, 7) is 5.09. The van der Waals surface area contributed by atoms with Gasteiger partial charge in [0.25, 0.3) is 5.69 Å². The van der Waals surface area contributed by atoms with Crippen LogP contribution in [0, 0.1) is 10.1 Å². The first kappa shape index (κ1) is 20.1. The molecular weight excluding hydrogens is 360 g/mol. The lowest BCUT2D eigenvalue weighted by Crippen LogP contribution is -2.36.